The fourth-order valence-corrected chi connectivity index (χ4v) is 4.72. The summed E-state index contributed by atoms with van der Waals surface area (Å²) in [4.78, 5) is 13.5. The maximum absolute atomic E-state index is 13.1. The van der Waals surface area contributed by atoms with Crippen molar-refractivity contribution in [3.63, 3.8) is 0 Å². The van der Waals surface area contributed by atoms with Gasteiger partial charge in [-0.15, -0.1) is 10.2 Å². The molecule has 4 rings (SSSR count). The van der Waals surface area contributed by atoms with Crippen molar-refractivity contribution in [2.75, 3.05) is 13.1 Å². The first kappa shape index (κ1) is 22.1. The zero-order valence-corrected chi connectivity index (χ0v) is 17.9. The molecule has 2 aliphatic rings. The van der Waals surface area contributed by atoms with Crippen molar-refractivity contribution >= 4 is 17.5 Å². The molecule has 0 bridgehead atoms. The number of likely N-dealkylation sites (tertiary alicyclic amines) is 1. The average Bonchev–Trinajstić information content (AvgIpc) is 3.35. The smallest absolute Gasteiger partial charge is 0.420 e. The summed E-state index contributed by atoms with van der Waals surface area (Å²) >= 11 is 5.92. The van der Waals surface area contributed by atoms with Crippen LogP contribution in [-0.2, 0) is 10.2 Å². The molecule has 0 radical (unpaired) electrons. The van der Waals surface area contributed by atoms with Crippen LogP contribution in [0.4, 0.5) is 13.2 Å². The summed E-state index contributed by atoms with van der Waals surface area (Å²) in [5.74, 6) is -0.394. The topological polar surface area (TPSA) is 79.5 Å². The van der Waals surface area contributed by atoms with Gasteiger partial charge in [0, 0.05) is 23.7 Å². The molecule has 2 heterocycles. The van der Waals surface area contributed by atoms with Crippen molar-refractivity contribution in [3.05, 3.63) is 35.2 Å². The van der Waals surface area contributed by atoms with Crippen LogP contribution in [-0.4, -0.2) is 51.0 Å². The van der Waals surface area contributed by atoms with Crippen molar-refractivity contribution < 1.29 is 27.5 Å². The molecule has 1 amide bonds. The molecule has 31 heavy (non-hydrogen) atoms. The fourth-order valence-electron chi connectivity index (χ4n) is 4.59. The van der Waals surface area contributed by atoms with Crippen LogP contribution in [0.25, 0.3) is 11.5 Å². The molecule has 3 atom stereocenters. The second-order valence-corrected chi connectivity index (χ2v) is 9.21. The van der Waals surface area contributed by atoms with Crippen LogP contribution in [0.15, 0.2) is 28.7 Å². The van der Waals surface area contributed by atoms with Gasteiger partial charge in [-0.3, -0.25) is 4.79 Å². The van der Waals surface area contributed by atoms with Gasteiger partial charge in [0.1, 0.15) is 0 Å². The van der Waals surface area contributed by atoms with Crippen LogP contribution >= 0.6 is 11.6 Å². The van der Waals surface area contributed by atoms with E-state index in [1.807, 2.05) is 6.92 Å². The third kappa shape index (κ3) is 3.82. The Bertz CT molecular complexity index is 970. The number of halogens is 4. The fraction of sp³-hybridized carbons (Fsp3) is 0.571. The Morgan fingerprint density at radius 3 is 2.45 bits per heavy atom. The minimum absolute atomic E-state index is 0.0879. The van der Waals surface area contributed by atoms with Gasteiger partial charge in [-0.1, -0.05) is 18.5 Å². The number of alkyl halides is 3. The number of rotatable bonds is 4. The quantitative estimate of drug-likeness (QED) is 0.743. The number of carbonyl (C=O) groups is 1. The molecule has 0 spiro atoms. The first-order valence-corrected chi connectivity index (χ1v) is 10.5. The molecule has 1 aromatic carbocycles. The lowest BCUT2D eigenvalue weighted by Crippen LogP contribution is -2.58. The summed E-state index contributed by atoms with van der Waals surface area (Å²) in [6, 6.07) is 7.05. The van der Waals surface area contributed by atoms with E-state index in [2.05, 4.69) is 10.2 Å². The second-order valence-electron chi connectivity index (χ2n) is 8.77. The summed E-state index contributed by atoms with van der Waals surface area (Å²) in [7, 11) is 0. The predicted octanol–water partition coefficient (Wildman–Crippen LogP) is 4.22. The van der Waals surface area contributed by atoms with Crippen LogP contribution in [0.5, 0.6) is 0 Å². The standard InChI is InChI=1S/C21H23ClF3N3O3/c1-12-11-28(18(29)19(2,30)21(23,24)25)10-7-15(12)20(8-9-20)17-27-26-16(31-17)13-3-5-14(22)6-4-13/h3-6,12,15,30H,7-11H2,1-2H3/t12?,15?,19-/m1/s1. The summed E-state index contributed by atoms with van der Waals surface area (Å²) in [5, 5.41) is 18.8. The number of piperidine rings is 1. The molecule has 1 aliphatic heterocycles. The van der Waals surface area contributed by atoms with E-state index in [4.69, 9.17) is 16.0 Å². The first-order valence-electron chi connectivity index (χ1n) is 10.1. The number of hydrogen-bond donors (Lipinski definition) is 1. The monoisotopic (exact) mass is 457 g/mol. The normalized spacial score (nSPS) is 25.2. The zero-order chi connectivity index (χ0) is 22.6. The van der Waals surface area contributed by atoms with E-state index in [0.29, 0.717) is 30.1 Å². The molecule has 1 aromatic heterocycles. The number of amides is 1. The van der Waals surface area contributed by atoms with Crippen LogP contribution < -0.4 is 0 Å². The number of nitrogens with zero attached hydrogens (tertiary/aromatic N) is 3. The highest BCUT2D eigenvalue weighted by Gasteiger charge is 2.60. The van der Waals surface area contributed by atoms with Crippen LogP contribution in [0.3, 0.4) is 0 Å². The molecule has 2 aromatic rings. The molecular formula is C21H23ClF3N3O3. The predicted molar refractivity (Wildman–Crippen MR) is 106 cm³/mol. The maximum atomic E-state index is 13.1. The Morgan fingerprint density at radius 2 is 1.90 bits per heavy atom. The van der Waals surface area contributed by atoms with E-state index in [0.717, 1.165) is 23.3 Å². The first-order chi connectivity index (χ1) is 14.5. The summed E-state index contributed by atoms with van der Waals surface area (Å²) in [6.45, 7) is 2.68. The van der Waals surface area contributed by atoms with Crippen molar-refractivity contribution in [2.24, 2.45) is 11.8 Å². The van der Waals surface area contributed by atoms with Crippen molar-refractivity contribution in [2.45, 2.75) is 50.3 Å². The lowest BCUT2D eigenvalue weighted by molar-refractivity contribution is -0.251. The van der Waals surface area contributed by atoms with Crippen molar-refractivity contribution in [1.82, 2.24) is 15.1 Å². The molecule has 168 valence electrons. The second kappa shape index (κ2) is 7.48. The molecular weight excluding hydrogens is 435 g/mol. The molecule has 10 heteroatoms. The SMILES string of the molecule is CC1CN(C(=O)[C@@](C)(O)C(F)(F)F)CCC1C1(c2nnc(-c3ccc(Cl)cc3)o2)CC1. The third-order valence-electron chi connectivity index (χ3n) is 6.60. The van der Waals surface area contributed by atoms with E-state index in [9.17, 15) is 23.1 Å². The Hall–Kier alpha value is -2.13. The van der Waals surface area contributed by atoms with Gasteiger partial charge in [0.2, 0.25) is 17.4 Å². The highest BCUT2D eigenvalue weighted by Crippen LogP contribution is 2.58. The Morgan fingerprint density at radius 1 is 1.26 bits per heavy atom. The molecule has 1 saturated heterocycles. The van der Waals surface area contributed by atoms with E-state index in [1.165, 1.54) is 0 Å². The van der Waals surface area contributed by atoms with Gasteiger partial charge in [0.25, 0.3) is 5.91 Å². The number of aliphatic hydroxyl groups is 1. The molecule has 6 nitrogen and oxygen atoms in total. The summed E-state index contributed by atoms with van der Waals surface area (Å²) in [6.07, 6.45) is -2.83. The Kier molecular flexibility index (Phi) is 5.33. The average molecular weight is 458 g/mol. The summed E-state index contributed by atoms with van der Waals surface area (Å²) < 4.78 is 45.2. The number of aromatic nitrogens is 2. The van der Waals surface area contributed by atoms with Gasteiger partial charge in [0.05, 0.1) is 5.41 Å². The molecule has 2 unspecified atom stereocenters. The molecule has 2 fully saturated rings. The van der Waals surface area contributed by atoms with Crippen molar-refractivity contribution in [3.8, 4) is 11.5 Å². The van der Waals surface area contributed by atoms with Crippen LogP contribution in [0.2, 0.25) is 5.02 Å². The molecule has 1 N–H and O–H groups in total. The number of hydrogen-bond acceptors (Lipinski definition) is 5. The van der Waals surface area contributed by atoms with Crippen LogP contribution in [0.1, 0.15) is 39.0 Å². The molecule has 1 saturated carbocycles. The lowest BCUT2D eigenvalue weighted by atomic mass is 9.74. The zero-order valence-electron chi connectivity index (χ0n) is 17.1. The van der Waals surface area contributed by atoms with E-state index < -0.39 is 17.7 Å². The van der Waals surface area contributed by atoms with Crippen molar-refractivity contribution in [1.29, 1.82) is 0 Å². The van der Waals surface area contributed by atoms with Crippen LogP contribution in [0, 0.1) is 11.8 Å². The largest absolute Gasteiger partial charge is 0.426 e. The highest BCUT2D eigenvalue weighted by atomic mass is 35.5. The van der Waals surface area contributed by atoms with E-state index in [-0.39, 0.29) is 30.3 Å². The van der Waals surface area contributed by atoms with Gasteiger partial charge in [0.15, 0.2) is 0 Å². The molecule has 1 aliphatic carbocycles. The summed E-state index contributed by atoms with van der Waals surface area (Å²) in [5.41, 5.74) is -2.96. The highest BCUT2D eigenvalue weighted by molar-refractivity contribution is 6.30. The number of benzene rings is 1. The maximum Gasteiger partial charge on any atom is 0.426 e. The minimum atomic E-state index is -5.02. The van der Waals surface area contributed by atoms with Gasteiger partial charge in [-0.05, 0) is 62.3 Å². The van der Waals surface area contributed by atoms with Gasteiger partial charge in [-0.2, -0.15) is 13.2 Å². The van der Waals surface area contributed by atoms with E-state index in [1.54, 1.807) is 24.3 Å². The van der Waals surface area contributed by atoms with Gasteiger partial charge >= 0.3 is 6.18 Å². The van der Waals surface area contributed by atoms with E-state index >= 15 is 0 Å². The lowest BCUT2D eigenvalue weighted by Gasteiger charge is -2.42. The third-order valence-corrected chi connectivity index (χ3v) is 6.85. The number of carbonyl (C=O) groups excluding carboxylic acids is 1. The Labute approximate surface area is 182 Å². The van der Waals surface area contributed by atoms with Gasteiger partial charge in [-0.25, -0.2) is 0 Å². The van der Waals surface area contributed by atoms with Gasteiger partial charge < -0.3 is 14.4 Å². The Balaban J connectivity index is 1.49. The minimum Gasteiger partial charge on any atom is -0.420 e.